The smallest absolute Gasteiger partial charge is 0.243 e. The largest absolute Gasteiger partial charge is 0.497 e. The van der Waals surface area contributed by atoms with Crippen LogP contribution in [-0.4, -0.2) is 74.3 Å². The summed E-state index contributed by atoms with van der Waals surface area (Å²) in [6.45, 7) is 1.82. The molecule has 0 radical (unpaired) electrons. The molecule has 1 aromatic rings. The Hall–Kier alpha value is -2.23. The van der Waals surface area contributed by atoms with Crippen molar-refractivity contribution in [3.05, 3.63) is 36.4 Å². The Balaban J connectivity index is 1.37. The van der Waals surface area contributed by atoms with Crippen LogP contribution < -0.4 is 4.74 Å². The lowest BCUT2D eigenvalue weighted by atomic mass is 9.85. The fraction of sp³-hybridized carbons (Fsp3) is 0.500. The number of methoxy groups -OCH3 is 1. The molecule has 29 heavy (non-hydrogen) atoms. The van der Waals surface area contributed by atoms with Gasteiger partial charge in [-0.2, -0.15) is 4.31 Å². The predicted molar refractivity (Wildman–Crippen MR) is 105 cm³/mol. The van der Waals surface area contributed by atoms with Crippen LogP contribution in [0.5, 0.6) is 5.75 Å². The Morgan fingerprint density at radius 2 is 1.48 bits per heavy atom. The van der Waals surface area contributed by atoms with Gasteiger partial charge >= 0.3 is 0 Å². The number of rotatable bonds is 5. The van der Waals surface area contributed by atoms with E-state index in [1.165, 1.54) is 28.4 Å². The molecule has 2 aliphatic heterocycles. The topological polar surface area (TPSA) is 87.2 Å². The number of amides is 2. The number of carbonyl (C=O) groups excluding carboxylic acids is 2. The number of sulfonamides is 1. The molecule has 0 aromatic heterocycles. The normalized spacial score (nSPS) is 26.0. The Morgan fingerprint density at radius 1 is 0.931 bits per heavy atom. The SMILES string of the molecule is COc1ccc(S(=O)(=O)N2CCN(CN3C(=O)[C@H]4CC=CC[C@@H]4C3=O)CC2)cc1. The Bertz CT molecular complexity index is 894. The van der Waals surface area contributed by atoms with Gasteiger partial charge in [-0.15, -0.1) is 0 Å². The molecule has 1 aromatic carbocycles. The molecule has 0 unspecified atom stereocenters. The maximum absolute atomic E-state index is 12.9. The van der Waals surface area contributed by atoms with Crippen molar-refractivity contribution in [2.75, 3.05) is 40.0 Å². The van der Waals surface area contributed by atoms with E-state index in [1.54, 1.807) is 12.1 Å². The number of likely N-dealkylation sites (tertiary alicyclic amines) is 1. The molecule has 0 saturated carbocycles. The highest BCUT2D eigenvalue weighted by atomic mass is 32.2. The molecule has 0 bridgehead atoms. The highest BCUT2D eigenvalue weighted by molar-refractivity contribution is 7.89. The Morgan fingerprint density at radius 3 is 2.00 bits per heavy atom. The minimum absolute atomic E-state index is 0.0994. The van der Waals surface area contributed by atoms with Crippen LogP contribution in [-0.2, 0) is 19.6 Å². The number of hydrogen-bond donors (Lipinski definition) is 0. The first-order valence-corrected chi connectivity index (χ1v) is 11.2. The van der Waals surface area contributed by atoms with E-state index in [2.05, 4.69) is 0 Å². The summed E-state index contributed by atoms with van der Waals surface area (Å²) in [4.78, 5) is 28.8. The summed E-state index contributed by atoms with van der Waals surface area (Å²) in [6, 6.07) is 6.33. The van der Waals surface area contributed by atoms with Crippen LogP contribution in [0.3, 0.4) is 0 Å². The van der Waals surface area contributed by atoms with Gasteiger partial charge in [0.05, 0.1) is 30.5 Å². The summed E-state index contributed by atoms with van der Waals surface area (Å²) < 4.78 is 32.2. The molecule has 2 heterocycles. The summed E-state index contributed by atoms with van der Waals surface area (Å²) in [5.74, 6) is -0.0618. The zero-order valence-corrected chi connectivity index (χ0v) is 17.2. The maximum Gasteiger partial charge on any atom is 0.243 e. The van der Waals surface area contributed by atoms with Gasteiger partial charge in [-0.3, -0.25) is 19.4 Å². The number of ether oxygens (including phenoxy) is 1. The molecule has 8 nitrogen and oxygen atoms in total. The van der Waals surface area contributed by atoms with Crippen molar-refractivity contribution >= 4 is 21.8 Å². The van der Waals surface area contributed by atoms with Gasteiger partial charge in [-0.1, -0.05) is 12.2 Å². The number of hydrogen-bond acceptors (Lipinski definition) is 6. The fourth-order valence-electron chi connectivity index (χ4n) is 4.22. The first-order valence-electron chi connectivity index (χ1n) is 9.78. The molecular weight excluding hydrogens is 394 g/mol. The first-order chi connectivity index (χ1) is 13.9. The average molecular weight is 420 g/mol. The molecule has 2 amide bonds. The van der Waals surface area contributed by atoms with Crippen molar-refractivity contribution in [2.45, 2.75) is 17.7 Å². The summed E-state index contributed by atoms with van der Waals surface area (Å²) in [5.41, 5.74) is 0. The van der Waals surface area contributed by atoms with E-state index < -0.39 is 10.0 Å². The second-order valence-corrected chi connectivity index (χ2v) is 9.54. The zero-order chi connectivity index (χ0) is 20.6. The average Bonchev–Trinajstić information content (AvgIpc) is 2.99. The maximum atomic E-state index is 12.9. The van der Waals surface area contributed by atoms with Crippen LogP contribution in [0.15, 0.2) is 41.3 Å². The summed E-state index contributed by atoms with van der Waals surface area (Å²) in [7, 11) is -2.05. The third-order valence-corrected chi connectivity index (χ3v) is 7.88. The van der Waals surface area contributed by atoms with Crippen molar-refractivity contribution in [3.63, 3.8) is 0 Å². The minimum Gasteiger partial charge on any atom is -0.497 e. The quantitative estimate of drug-likeness (QED) is 0.521. The highest BCUT2D eigenvalue weighted by Crippen LogP contribution is 2.35. The van der Waals surface area contributed by atoms with E-state index >= 15 is 0 Å². The predicted octanol–water partition coefficient (Wildman–Crippen LogP) is 0.910. The van der Waals surface area contributed by atoms with Crippen LogP contribution in [0.2, 0.25) is 0 Å². The molecule has 2 fully saturated rings. The van der Waals surface area contributed by atoms with Crippen molar-refractivity contribution in [1.29, 1.82) is 0 Å². The number of benzene rings is 1. The van der Waals surface area contributed by atoms with Crippen LogP contribution in [0.25, 0.3) is 0 Å². The minimum atomic E-state index is -3.58. The van der Waals surface area contributed by atoms with Gasteiger partial charge in [-0.05, 0) is 37.1 Å². The standard InChI is InChI=1S/C20H25N3O5S/c1-28-15-6-8-16(9-7-15)29(26,27)22-12-10-21(11-13-22)14-23-19(24)17-4-2-3-5-18(17)20(23)25/h2-3,6-9,17-18H,4-5,10-14H2,1H3/t17-,18-/m0/s1. The second kappa shape index (κ2) is 7.89. The molecule has 3 aliphatic rings. The lowest BCUT2D eigenvalue weighted by Crippen LogP contribution is -2.52. The van der Waals surface area contributed by atoms with Gasteiger partial charge in [0.2, 0.25) is 21.8 Å². The van der Waals surface area contributed by atoms with E-state index in [0.29, 0.717) is 44.8 Å². The van der Waals surface area contributed by atoms with Crippen LogP contribution in [0.1, 0.15) is 12.8 Å². The number of allylic oxidation sites excluding steroid dienone is 2. The lowest BCUT2D eigenvalue weighted by molar-refractivity contribution is -0.142. The Labute approximate surface area is 170 Å². The van der Waals surface area contributed by atoms with Gasteiger partial charge in [0.25, 0.3) is 0 Å². The molecule has 156 valence electrons. The van der Waals surface area contributed by atoms with Crippen molar-refractivity contribution in [3.8, 4) is 5.75 Å². The third kappa shape index (κ3) is 3.70. The van der Waals surface area contributed by atoms with Gasteiger partial charge in [0.1, 0.15) is 5.75 Å². The van der Waals surface area contributed by atoms with Crippen LogP contribution >= 0.6 is 0 Å². The fourth-order valence-corrected chi connectivity index (χ4v) is 5.64. The molecular formula is C20H25N3O5S. The number of fused-ring (bicyclic) bond motifs is 1. The monoisotopic (exact) mass is 419 g/mol. The van der Waals surface area contributed by atoms with Crippen molar-refractivity contribution in [2.24, 2.45) is 11.8 Å². The number of piperazine rings is 1. The Kier molecular flexibility index (Phi) is 5.46. The number of imide groups is 1. The molecule has 2 saturated heterocycles. The van der Waals surface area contributed by atoms with E-state index in [1.807, 2.05) is 17.1 Å². The number of carbonyl (C=O) groups is 2. The molecule has 0 spiro atoms. The molecule has 2 atom stereocenters. The van der Waals surface area contributed by atoms with Crippen LogP contribution in [0.4, 0.5) is 0 Å². The van der Waals surface area contributed by atoms with E-state index in [-0.39, 0.29) is 35.2 Å². The summed E-state index contributed by atoms with van der Waals surface area (Å²) >= 11 is 0. The summed E-state index contributed by atoms with van der Waals surface area (Å²) in [6.07, 6.45) is 5.19. The highest BCUT2D eigenvalue weighted by Gasteiger charge is 2.47. The molecule has 4 rings (SSSR count). The van der Waals surface area contributed by atoms with Gasteiger partial charge in [-0.25, -0.2) is 8.42 Å². The molecule has 1 aliphatic carbocycles. The third-order valence-electron chi connectivity index (χ3n) is 5.97. The van der Waals surface area contributed by atoms with Gasteiger partial charge in [0, 0.05) is 26.2 Å². The second-order valence-electron chi connectivity index (χ2n) is 7.60. The van der Waals surface area contributed by atoms with Crippen molar-refractivity contribution in [1.82, 2.24) is 14.1 Å². The zero-order valence-electron chi connectivity index (χ0n) is 16.4. The van der Waals surface area contributed by atoms with E-state index in [9.17, 15) is 18.0 Å². The lowest BCUT2D eigenvalue weighted by Gasteiger charge is -2.35. The first kappa shape index (κ1) is 20.1. The number of nitrogens with zero attached hydrogens (tertiary/aromatic N) is 3. The molecule has 9 heteroatoms. The van der Waals surface area contributed by atoms with Crippen molar-refractivity contribution < 1.29 is 22.7 Å². The van der Waals surface area contributed by atoms with E-state index in [4.69, 9.17) is 4.74 Å². The van der Waals surface area contributed by atoms with Crippen LogP contribution in [0, 0.1) is 11.8 Å². The van der Waals surface area contributed by atoms with E-state index in [0.717, 1.165) is 0 Å². The molecule has 0 N–H and O–H groups in total. The van der Waals surface area contributed by atoms with Gasteiger partial charge in [0.15, 0.2) is 0 Å². The summed E-state index contributed by atoms with van der Waals surface area (Å²) in [5, 5.41) is 0. The van der Waals surface area contributed by atoms with Gasteiger partial charge < -0.3 is 4.74 Å².